The first kappa shape index (κ1) is 21.1. The Balaban J connectivity index is 1.63. The van der Waals surface area contributed by atoms with E-state index in [-0.39, 0.29) is 10.8 Å². The van der Waals surface area contributed by atoms with Gasteiger partial charge < -0.3 is 4.90 Å². The zero-order valence-electron chi connectivity index (χ0n) is 17.4. The molecule has 7 heteroatoms. The van der Waals surface area contributed by atoms with Gasteiger partial charge in [-0.1, -0.05) is 17.7 Å². The van der Waals surface area contributed by atoms with Crippen LogP contribution in [0.2, 0.25) is 0 Å². The van der Waals surface area contributed by atoms with Gasteiger partial charge in [-0.2, -0.15) is 0 Å². The molecule has 1 aliphatic heterocycles. The highest BCUT2D eigenvalue weighted by Crippen LogP contribution is 2.31. The first-order valence-electron chi connectivity index (χ1n) is 10.0. The summed E-state index contributed by atoms with van der Waals surface area (Å²) >= 11 is 0. The van der Waals surface area contributed by atoms with E-state index >= 15 is 0 Å². The number of benzene rings is 3. The van der Waals surface area contributed by atoms with E-state index in [0.29, 0.717) is 36.3 Å². The fraction of sp³-hybridized carbons (Fsp3) is 0.208. The van der Waals surface area contributed by atoms with Gasteiger partial charge in [0.15, 0.2) is 0 Å². The lowest BCUT2D eigenvalue weighted by Crippen LogP contribution is -2.35. The normalized spacial score (nSPS) is 13.6. The van der Waals surface area contributed by atoms with Crippen molar-refractivity contribution in [1.82, 2.24) is 0 Å². The molecular formula is C24H23FN2O3S. The van der Waals surface area contributed by atoms with Crippen molar-refractivity contribution in [3.8, 4) is 0 Å². The number of amides is 1. The Labute approximate surface area is 181 Å². The molecule has 1 aliphatic rings. The molecule has 0 atom stereocenters. The number of aryl methyl sites for hydroxylation is 3. The van der Waals surface area contributed by atoms with Gasteiger partial charge in [0.1, 0.15) is 5.82 Å². The zero-order chi connectivity index (χ0) is 22.2. The van der Waals surface area contributed by atoms with Crippen molar-refractivity contribution in [2.75, 3.05) is 16.2 Å². The number of fused-ring (bicyclic) bond motifs is 1. The summed E-state index contributed by atoms with van der Waals surface area (Å²) in [5, 5.41) is 0. The Morgan fingerprint density at radius 2 is 1.74 bits per heavy atom. The second-order valence-electron chi connectivity index (χ2n) is 7.78. The maximum atomic E-state index is 13.2. The first-order chi connectivity index (χ1) is 14.7. The van der Waals surface area contributed by atoms with Gasteiger partial charge in [-0.15, -0.1) is 0 Å². The molecule has 0 aromatic heterocycles. The van der Waals surface area contributed by atoms with Crippen molar-refractivity contribution in [3.05, 3.63) is 88.7 Å². The van der Waals surface area contributed by atoms with E-state index in [1.807, 2.05) is 26.0 Å². The predicted molar refractivity (Wildman–Crippen MR) is 120 cm³/mol. The number of hydrogen-bond acceptors (Lipinski definition) is 3. The Morgan fingerprint density at radius 1 is 1.00 bits per heavy atom. The van der Waals surface area contributed by atoms with Crippen LogP contribution in [0.4, 0.5) is 15.8 Å². The lowest BCUT2D eigenvalue weighted by molar-refractivity contribution is 0.0985. The van der Waals surface area contributed by atoms with E-state index in [0.717, 1.165) is 16.7 Å². The Hall–Kier alpha value is -3.19. The summed E-state index contributed by atoms with van der Waals surface area (Å²) in [6, 6.07) is 15.8. The van der Waals surface area contributed by atoms with Crippen molar-refractivity contribution in [1.29, 1.82) is 0 Å². The lowest BCUT2D eigenvalue weighted by atomic mass is 10.0. The summed E-state index contributed by atoms with van der Waals surface area (Å²) < 4.78 is 41.8. The first-order valence-corrected chi connectivity index (χ1v) is 11.5. The van der Waals surface area contributed by atoms with Crippen LogP contribution < -0.4 is 9.62 Å². The fourth-order valence-corrected chi connectivity index (χ4v) is 5.01. The summed E-state index contributed by atoms with van der Waals surface area (Å²) in [5.74, 6) is -0.633. The molecule has 0 saturated heterocycles. The number of nitrogens with one attached hydrogen (secondary N) is 1. The van der Waals surface area contributed by atoms with Gasteiger partial charge in [-0.25, -0.2) is 12.8 Å². The average molecular weight is 439 g/mol. The number of rotatable bonds is 4. The second kappa shape index (κ2) is 8.15. The van der Waals surface area contributed by atoms with Crippen LogP contribution in [-0.4, -0.2) is 20.9 Å². The van der Waals surface area contributed by atoms with Crippen LogP contribution in [0.25, 0.3) is 0 Å². The highest BCUT2D eigenvalue weighted by Gasteiger charge is 2.26. The number of hydrogen-bond donors (Lipinski definition) is 1. The molecule has 160 valence electrons. The fourth-order valence-electron chi connectivity index (χ4n) is 3.83. The third-order valence-electron chi connectivity index (χ3n) is 5.44. The van der Waals surface area contributed by atoms with Gasteiger partial charge in [0.2, 0.25) is 0 Å². The molecule has 0 aliphatic carbocycles. The molecule has 0 radical (unpaired) electrons. The van der Waals surface area contributed by atoms with E-state index in [9.17, 15) is 17.6 Å². The van der Waals surface area contributed by atoms with Crippen LogP contribution in [0.3, 0.4) is 0 Å². The number of sulfonamides is 1. The molecule has 1 heterocycles. The van der Waals surface area contributed by atoms with Gasteiger partial charge in [0, 0.05) is 17.8 Å². The third-order valence-corrected chi connectivity index (χ3v) is 6.81. The predicted octanol–water partition coefficient (Wildman–Crippen LogP) is 4.84. The maximum Gasteiger partial charge on any atom is 0.261 e. The van der Waals surface area contributed by atoms with Crippen LogP contribution >= 0.6 is 0 Å². The van der Waals surface area contributed by atoms with Crippen molar-refractivity contribution in [2.45, 2.75) is 31.6 Å². The van der Waals surface area contributed by atoms with Crippen molar-refractivity contribution in [2.24, 2.45) is 0 Å². The number of halogens is 1. The quantitative estimate of drug-likeness (QED) is 0.634. The SMILES string of the molecule is Cc1ccc(NS(=O)(=O)c2ccc3c(c2)CCCN3C(=O)c2ccc(F)cc2)c(C)c1. The minimum atomic E-state index is -3.77. The largest absolute Gasteiger partial charge is 0.308 e. The van der Waals surface area contributed by atoms with Gasteiger partial charge >= 0.3 is 0 Å². The molecule has 1 amide bonds. The topological polar surface area (TPSA) is 66.5 Å². The second-order valence-corrected chi connectivity index (χ2v) is 9.46. The summed E-state index contributed by atoms with van der Waals surface area (Å²) in [6.07, 6.45) is 1.39. The van der Waals surface area contributed by atoms with Crippen molar-refractivity contribution >= 4 is 27.3 Å². The summed E-state index contributed by atoms with van der Waals surface area (Å²) in [5.41, 5.74) is 4.31. The molecule has 4 rings (SSSR count). The smallest absolute Gasteiger partial charge is 0.261 e. The highest BCUT2D eigenvalue weighted by atomic mass is 32.2. The molecule has 0 spiro atoms. The molecule has 0 bridgehead atoms. The maximum absolute atomic E-state index is 13.2. The van der Waals surface area contributed by atoms with Crippen LogP contribution in [0, 0.1) is 19.7 Å². The third kappa shape index (κ3) is 4.32. The Kier molecular flexibility index (Phi) is 5.54. The number of nitrogens with zero attached hydrogens (tertiary/aromatic N) is 1. The molecule has 0 unspecified atom stereocenters. The summed E-state index contributed by atoms with van der Waals surface area (Å²) in [7, 11) is -3.77. The Morgan fingerprint density at radius 3 is 2.45 bits per heavy atom. The molecular weight excluding hydrogens is 415 g/mol. The molecule has 31 heavy (non-hydrogen) atoms. The molecule has 1 N–H and O–H groups in total. The Bertz CT molecular complexity index is 1250. The molecule has 5 nitrogen and oxygen atoms in total. The number of carbonyl (C=O) groups is 1. The minimum Gasteiger partial charge on any atom is -0.308 e. The standard InChI is InChI=1S/C24H23FN2O3S/c1-16-5-11-22(17(2)14-16)26-31(29,30)21-10-12-23-19(15-21)4-3-13-27(23)24(28)18-6-8-20(25)9-7-18/h5-12,14-15,26H,3-4,13H2,1-2H3. The van der Waals surface area contributed by atoms with Crippen LogP contribution in [-0.2, 0) is 16.4 Å². The summed E-state index contributed by atoms with van der Waals surface area (Å²) in [4.78, 5) is 14.7. The highest BCUT2D eigenvalue weighted by molar-refractivity contribution is 7.92. The van der Waals surface area contributed by atoms with Crippen LogP contribution in [0.5, 0.6) is 0 Å². The van der Waals surface area contributed by atoms with E-state index in [1.54, 1.807) is 23.1 Å². The van der Waals surface area contributed by atoms with Gasteiger partial charge in [-0.3, -0.25) is 9.52 Å². The van der Waals surface area contributed by atoms with Crippen molar-refractivity contribution in [3.63, 3.8) is 0 Å². The van der Waals surface area contributed by atoms with Crippen molar-refractivity contribution < 1.29 is 17.6 Å². The summed E-state index contributed by atoms with van der Waals surface area (Å²) in [6.45, 7) is 4.33. The van der Waals surface area contributed by atoms with E-state index in [4.69, 9.17) is 0 Å². The lowest BCUT2D eigenvalue weighted by Gasteiger charge is -2.30. The van der Waals surface area contributed by atoms with E-state index < -0.39 is 15.8 Å². The van der Waals surface area contributed by atoms with E-state index in [2.05, 4.69) is 4.72 Å². The molecule has 0 saturated carbocycles. The average Bonchev–Trinajstić information content (AvgIpc) is 2.75. The van der Waals surface area contributed by atoms with Gasteiger partial charge in [0.05, 0.1) is 10.6 Å². The number of carbonyl (C=O) groups excluding carboxylic acids is 1. The van der Waals surface area contributed by atoms with Crippen LogP contribution in [0.15, 0.2) is 65.6 Å². The zero-order valence-corrected chi connectivity index (χ0v) is 18.2. The monoisotopic (exact) mass is 438 g/mol. The van der Waals surface area contributed by atoms with Crippen LogP contribution in [0.1, 0.15) is 33.5 Å². The molecule has 3 aromatic rings. The molecule has 0 fully saturated rings. The molecule has 3 aromatic carbocycles. The number of anilines is 2. The van der Waals surface area contributed by atoms with E-state index in [1.165, 1.54) is 30.3 Å². The van der Waals surface area contributed by atoms with Gasteiger partial charge in [-0.05, 0) is 86.3 Å². The minimum absolute atomic E-state index is 0.155. The van der Waals surface area contributed by atoms with Gasteiger partial charge in [0.25, 0.3) is 15.9 Å².